The van der Waals surface area contributed by atoms with E-state index in [-0.39, 0.29) is 30.7 Å². The molecule has 1 rings (SSSR count). The zero-order valence-corrected chi connectivity index (χ0v) is 12.5. The summed E-state index contributed by atoms with van der Waals surface area (Å²) >= 11 is 0. The summed E-state index contributed by atoms with van der Waals surface area (Å²) in [5, 5.41) is 19.9. The Morgan fingerprint density at radius 1 is 1.38 bits per heavy atom. The standard InChI is InChI=1S/C15H22N2O4/c1-3-13(4-2)16(8-9-18)11-15(19)12-6-5-7-14(10-12)17(20)21/h5-7,10,13,18H,3-4,8-9,11H2,1-2H3. The number of ketones is 1. The molecule has 6 nitrogen and oxygen atoms in total. The van der Waals surface area contributed by atoms with Crippen molar-refractivity contribution in [2.45, 2.75) is 32.7 Å². The molecule has 0 spiro atoms. The Balaban J connectivity index is 2.86. The topological polar surface area (TPSA) is 83.7 Å². The highest BCUT2D eigenvalue weighted by atomic mass is 16.6. The number of rotatable bonds is 9. The molecule has 0 aliphatic heterocycles. The van der Waals surface area contributed by atoms with Gasteiger partial charge in [0.15, 0.2) is 5.78 Å². The molecular weight excluding hydrogens is 272 g/mol. The lowest BCUT2D eigenvalue weighted by atomic mass is 10.1. The van der Waals surface area contributed by atoms with Gasteiger partial charge in [-0.1, -0.05) is 26.0 Å². The van der Waals surface area contributed by atoms with Gasteiger partial charge in [-0.05, 0) is 12.8 Å². The van der Waals surface area contributed by atoms with Crippen LogP contribution < -0.4 is 0 Å². The highest BCUT2D eigenvalue weighted by molar-refractivity contribution is 5.98. The zero-order valence-electron chi connectivity index (χ0n) is 12.5. The van der Waals surface area contributed by atoms with Gasteiger partial charge >= 0.3 is 0 Å². The molecule has 1 N–H and O–H groups in total. The van der Waals surface area contributed by atoms with Crippen LogP contribution in [0, 0.1) is 10.1 Å². The Bertz CT molecular complexity index is 486. The minimum absolute atomic E-state index is 0.0152. The molecular formula is C15H22N2O4. The lowest BCUT2D eigenvalue weighted by molar-refractivity contribution is -0.384. The number of carbonyl (C=O) groups excluding carboxylic acids is 1. The van der Waals surface area contributed by atoms with Gasteiger partial charge in [0.1, 0.15) is 0 Å². The molecule has 116 valence electrons. The van der Waals surface area contributed by atoms with E-state index in [0.717, 1.165) is 12.8 Å². The van der Waals surface area contributed by atoms with E-state index in [1.807, 2.05) is 18.7 Å². The lowest BCUT2D eigenvalue weighted by Crippen LogP contribution is -2.40. The summed E-state index contributed by atoms with van der Waals surface area (Å²) in [4.78, 5) is 24.5. The van der Waals surface area contributed by atoms with Crippen molar-refractivity contribution < 1.29 is 14.8 Å². The summed E-state index contributed by atoms with van der Waals surface area (Å²) < 4.78 is 0. The van der Waals surface area contributed by atoms with Gasteiger partial charge in [0, 0.05) is 30.3 Å². The van der Waals surface area contributed by atoms with E-state index in [4.69, 9.17) is 5.11 Å². The fourth-order valence-electron chi connectivity index (χ4n) is 2.39. The van der Waals surface area contributed by atoms with Crippen molar-refractivity contribution in [2.75, 3.05) is 19.7 Å². The van der Waals surface area contributed by atoms with Gasteiger partial charge < -0.3 is 5.11 Å². The van der Waals surface area contributed by atoms with Crippen LogP contribution in [-0.2, 0) is 0 Å². The second-order valence-electron chi connectivity index (χ2n) is 4.90. The molecule has 1 aromatic rings. The maximum Gasteiger partial charge on any atom is 0.270 e. The molecule has 0 atom stereocenters. The highest BCUT2D eigenvalue weighted by Crippen LogP contribution is 2.15. The number of hydrogen-bond acceptors (Lipinski definition) is 5. The second kappa shape index (κ2) is 8.49. The number of aliphatic hydroxyl groups is 1. The fraction of sp³-hybridized carbons (Fsp3) is 0.533. The van der Waals surface area contributed by atoms with Crippen molar-refractivity contribution in [1.29, 1.82) is 0 Å². The first-order valence-electron chi connectivity index (χ1n) is 7.16. The Morgan fingerprint density at radius 3 is 2.57 bits per heavy atom. The summed E-state index contributed by atoms with van der Waals surface area (Å²) in [7, 11) is 0. The van der Waals surface area contributed by atoms with Crippen LogP contribution >= 0.6 is 0 Å². The van der Waals surface area contributed by atoms with Gasteiger partial charge in [-0.2, -0.15) is 0 Å². The monoisotopic (exact) mass is 294 g/mol. The maximum atomic E-state index is 12.3. The van der Waals surface area contributed by atoms with Crippen LogP contribution in [0.1, 0.15) is 37.0 Å². The first-order chi connectivity index (χ1) is 10.0. The molecule has 0 radical (unpaired) electrons. The molecule has 6 heteroatoms. The number of nitrogens with zero attached hydrogens (tertiary/aromatic N) is 2. The quantitative estimate of drug-likeness (QED) is 0.429. The third kappa shape index (κ3) is 4.91. The van der Waals surface area contributed by atoms with E-state index in [9.17, 15) is 14.9 Å². The van der Waals surface area contributed by atoms with Gasteiger partial charge in [0.05, 0.1) is 18.1 Å². The zero-order chi connectivity index (χ0) is 15.8. The largest absolute Gasteiger partial charge is 0.395 e. The number of benzene rings is 1. The molecule has 1 aromatic carbocycles. The predicted octanol–water partition coefficient (Wildman–Crippen LogP) is 2.26. The average Bonchev–Trinajstić information content (AvgIpc) is 2.48. The Hall–Kier alpha value is -1.79. The second-order valence-corrected chi connectivity index (χ2v) is 4.90. The lowest BCUT2D eigenvalue weighted by Gasteiger charge is -2.29. The number of aliphatic hydroxyl groups excluding tert-OH is 1. The van der Waals surface area contributed by atoms with E-state index >= 15 is 0 Å². The summed E-state index contributed by atoms with van der Waals surface area (Å²) in [6.45, 7) is 4.65. The van der Waals surface area contributed by atoms with E-state index in [2.05, 4.69) is 0 Å². The summed E-state index contributed by atoms with van der Waals surface area (Å²) in [5.74, 6) is -0.168. The Morgan fingerprint density at radius 2 is 2.05 bits per heavy atom. The maximum absolute atomic E-state index is 12.3. The van der Waals surface area contributed by atoms with Gasteiger partial charge in [0.2, 0.25) is 0 Å². The number of non-ortho nitro benzene ring substituents is 1. The highest BCUT2D eigenvalue weighted by Gasteiger charge is 2.19. The summed E-state index contributed by atoms with van der Waals surface area (Å²) in [6, 6.07) is 5.98. The molecule has 0 heterocycles. The van der Waals surface area contributed by atoms with Crippen molar-refractivity contribution in [3.63, 3.8) is 0 Å². The molecule has 0 aromatic heterocycles. The molecule has 0 amide bonds. The summed E-state index contributed by atoms with van der Waals surface area (Å²) in [6.07, 6.45) is 1.78. The SMILES string of the molecule is CCC(CC)N(CCO)CC(=O)c1cccc([N+](=O)[O-])c1. The number of hydrogen-bond donors (Lipinski definition) is 1. The van der Waals surface area contributed by atoms with Crippen LogP contribution in [0.4, 0.5) is 5.69 Å². The first kappa shape index (κ1) is 17.3. The van der Waals surface area contributed by atoms with Crippen molar-refractivity contribution in [1.82, 2.24) is 4.90 Å². The van der Waals surface area contributed by atoms with Gasteiger partial charge in [-0.25, -0.2) is 0 Å². The van der Waals surface area contributed by atoms with Crippen LogP contribution in [0.5, 0.6) is 0 Å². The van der Waals surface area contributed by atoms with Crippen LogP contribution in [-0.4, -0.2) is 46.5 Å². The smallest absolute Gasteiger partial charge is 0.270 e. The van der Waals surface area contributed by atoms with E-state index in [0.29, 0.717) is 12.1 Å². The molecule has 21 heavy (non-hydrogen) atoms. The summed E-state index contributed by atoms with van der Waals surface area (Å²) in [5.41, 5.74) is 0.246. The van der Waals surface area contributed by atoms with Crippen molar-refractivity contribution in [2.24, 2.45) is 0 Å². The predicted molar refractivity (Wildman–Crippen MR) is 80.5 cm³/mol. The molecule has 0 fully saturated rings. The molecule has 0 aliphatic carbocycles. The third-order valence-electron chi connectivity index (χ3n) is 3.57. The van der Waals surface area contributed by atoms with E-state index in [1.165, 1.54) is 18.2 Å². The first-order valence-corrected chi connectivity index (χ1v) is 7.16. The minimum atomic E-state index is -0.511. The van der Waals surface area contributed by atoms with Gasteiger partial charge in [-0.15, -0.1) is 0 Å². The van der Waals surface area contributed by atoms with Crippen molar-refractivity contribution >= 4 is 11.5 Å². The van der Waals surface area contributed by atoms with Gasteiger partial charge in [0.25, 0.3) is 5.69 Å². The molecule has 0 saturated heterocycles. The number of nitro groups is 1. The van der Waals surface area contributed by atoms with E-state index < -0.39 is 4.92 Å². The number of nitro benzene ring substituents is 1. The van der Waals surface area contributed by atoms with Crippen LogP contribution in [0.2, 0.25) is 0 Å². The van der Waals surface area contributed by atoms with Crippen LogP contribution in [0.3, 0.4) is 0 Å². The average molecular weight is 294 g/mol. The Kier molecular flexibility index (Phi) is 6.98. The van der Waals surface area contributed by atoms with Crippen molar-refractivity contribution in [3.8, 4) is 0 Å². The number of carbonyl (C=O) groups is 1. The van der Waals surface area contributed by atoms with Gasteiger partial charge in [-0.3, -0.25) is 19.8 Å². The molecule has 0 bridgehead atoms. The fourth-order valence-corrected chi connectivity index (χ4v) is 2.39. The normalized spacial score (nSPS) is 11.1. The molecule has 0 saturated carbocycles. The molecule has 0 aliphatic rings. The number of Topliss-reactive ketones (excluding diaryl/α,β-unsaturated/α-hetero) is 1. The minimum Gasteiger partial charge on any atom is -0.395 e. The van der Waals surface area contributed by atoms with Crippen LogP contribution in [0.15, 0.2) is 24.3 Å². The third-order valence-corrected chi connectivity index (χ3v) is 3.57. The van der Waals surface area contributed by atoms with Crippen LogP contribution in [0.25, 0.3) is 0 Å². The Labute approximate surface area is 124 Å². The molecule has 0 unspecified atom stereocenters. The van der Waals surface area contributed by atoms with Crippen molar-refractivity contribution in [3.05, 3.63) is 39.9 Å². The van der Waals surface area contributed by atoms with E-state index in [1.54, 1.807) is 6.07 Å².